The third-order valence-electron chi connectivity index (χ3n) is 2.63. The molecule has 1 saturated heterocycles. The molecule has 94 valence electrons. The summed E-state index contributed by atoms with van der Waals surface area (Å²) in [5.74, 6) is -1.08. The van der Waals surface area contributed by atoms with Crippen LogP contribution < -0.4 is 16.4 Å². The Labute approximate surface area is 99.6 Å². The van der Waals surface area contributed by atoms with E-state index in [-0.39, 0.29) is 11.8 Å². The number of allylic oxidation sites excluding steroid dienone is 1. The molecule has 0 radical (unpaired) electrons. The predicted octanol–water partition coefficient (Wildman–Crippen LogP) is -0.799. The molecular weight excluding hydrogens is 222 g/mol. The van der Waals surface area contributed by atoms with Crippen molar-refractivity contribution in [3.63, 3.8) is 0 Å². The van der Waals surface area contributed by atoms with Gasteiger partial charge in [0.25, 0.3) is 0 Å². The quantitative estimate of drug-likeness (QED) is 0.529. The Kier molecular flexibility index (Phi) is 4.68. The molecular formula is C11H17N3O3. The van der Waals surface area contributed by atoms with E-state index in [9.17, 15) is 14.4 Å². The number of nitrogens with two attached hydrogens (primary N) is 1. The van der Waals surface area contributed by atoms with E-state index < -0.39 is 18.0 Å². The third kappa shape index (κ3) is 3.90. The Balaban J connectivity index is 2.48. The van der Waals surface area contributed by atoms with Gasteiger partial charge in [-0.3, -0.25) is 14.4 Å². The van der Waals surface area contributed by atoms with Gasteiger partial charge in [-0.2, -0.15) is 0 Å². The van der Waals surface area contributed by atoms with Gasteiger partial charge in [0.05, 0.1) is 0 Å². The maximum Gasteiger partial charge on any atom is 0.243 e. The van der Waals surface area contributed by atoms with Crippen LogP contribution in [0.5, 0.6) is 0 Å². The Bertz CT molecular complexity index is 341. The topological polar surface area (TPSA) is 101 Å². The molecule has 1 heterocycles. The summed E-state index contributed by atoms with van der Waals surface area (Å²) < 4.78 is 0. The molecule has 0 aliphatic carbocycles. The van der Waals surface area contributed by atoms with Crippen molar-refractivity contribution >= 4 is 17.7 Å². The Morgan fingerprint density at radius 2 is 2.35 bits per heavy atom. The number of rotatable bonds is 6. The molecule has 0 aromatic heterocycles. The van der Waals surface area contributed by atoms with Gasteiger partial charge in [0.15, 0.2) is 0 Å². The maximum absolute atomic E-state index is 11.7. The molecule has 0 saturated carbocycles. The van der Waals surface area contributed by atoms with E-state index in [1.54, 1.807) is 6.08 Å². The van der Waals surface area contributed by atoms with Crippen molar-refractivity contribution < 1.29 is 14.4 Å². The molecule has 0 aromatic carbocycles. The Morgan fingerprint density at radius 1 is 1.65 bits per heavy atom. The van der Waals surface area contributed by atoms with Crippen molar-refractivity contribution in [1.29, 1.82) is 0 Å². The number of amides is 3. The van der Waals surface area contributed by atoms with Crippen LogP contribution in [-0.2, 0) is 14.4 Å². The molecule has 1 aliphatic rings. The summed E-state index contributed by atoms with van der Waals surface area (Å²) in [7, 11) is 0. The van der Waals surface area contributed by atoms with E-state index in [1.807, 2.05) is 0 Å². The second kappa shape index (κ2) is 6.03. The minimum atomic E-state index is -0.710. The number of primary amides is 1. The highest BCUT2D eigenvalue weighted by Gasteiger charge is 2.29. The summed E-state index contributed by atoms with van der Waals surface area (Å²) >= 11 is 0. The van der Waals surface area contributed by atoms with E-state index in [0.29, 0.717) is 25.7 Å². The molecule has 3 amide bonds. The molecule has 6 heteroatoms. The fourth-order valence-electron chi connectivity index (χ4n) is 1.65. The molecule has 1 rings (SSSR count). The minimum Gasteiger partial charge on any atom is -0.368 e. The number of carbonyl (C=O) groups is 3. The first-order valence-corrected chi connectivity index (χ1v) is 5.54. The van der Waals surface area contributed by atoms with Gasteiger partial charge < -0.3 is 16.4 Å². The normalized spacial score (nSPS) is 20.5. The van der Waals surface area contributed by atoms with Gasteiger partial charge in [-0.25, -0.2) is 0 Å². The lowest BCUT2D eigenvalue weighted by molar-refractivity contribution is -0.129. The van der Waals surface area contributed by atoms with E-state index in [0.717, 1.165) is 0 Å². The van der Waals surface area contributed by atoms with Crippen molar-refractivity contribution in [1.82, 2.24) is 10.6 Å². The van der Waals surface area contributed by atoms with Gasteiger partial charge in [0.1, 0.15) is 12.1 Å². The van der Waals surface area contributed by atoms with Gasteiger partial charge in [0, 0.05) is 6.42 Å². The lowest BCUT2D eigenvalue weighted by atomic mass is 10.1. The monoisotopic (exact) mass is 239 g/mol. The van der Waals surface area contributed by atoms with Crippen molar-refractivity contribution in [2.24, 2.45) is 5.73 Å². The van der Waals surface area contributed by atoms with E-state index in [2.05, 4.69) is 17.2 Å². The van der Waals surface area contributed by atoms with Crippen molar-refractivity contribution in [2.75, 3.05) is 0 Å². The van der Waals surface area contributed by atoms with Gasteiger partial charge in [-0.05, 0) is 19.3 Å². The average molecular weight is 239 g/mol. The highest BCUT2D eigenvalue weighted by atomic mass is 16.2. The first-order valence-electron chi connectivity index (χ1n) is 5.54. The third-order valence-corrected chi connectivity index (χ3v) is 2.63. The zero-order valence-corrected chi connectivity index (χ0v) is 9.57. The zero-order valence-electron chi connectivity index (χ0n) is 9.57. The molecule has 0 aromatic rings. The minimum absolute atomic E-state index is 0.146. The fraction of sp³-hybridized carbons (Fsp3) is 0.545. The lowest BCUT2D eigenvalue weighted by Gasteiger charge is -2.17. The highest BCUT2D eigenvalue weighted by Crippen LogP contribution is 2.07. The molecule has 0 spiro atoms. The fourth-order valence-corrected chi connectivity index (χ4v) is 1.65. The molecule has 0 bridgehead atoms. The van der Waals surface area contributed by atoms with E-state index >= 15 is 0 Å². The van der Waals surface area contributed by atoms with Crippen LogP contribution in [0.4, 0.5) is 0 Å². The second-order valence-corrected chi connectivity index (χ2v) is 3.99. The van der Waals surface area contributed by atoms with Crippen LogP contribution in [0.3, 0.4) is 0 Å². The predicted molar refractivity (Wildman–Crippen MR) is 61.7 cm³/mol. The van der Waals surface area contributed by atoms with E-state index in [4.69, 9.17) is 5.73 Å². The van der Waals surface area contributed by atoms with Gasteiger partial charge in [0.2, 0.25) is 17.7 Å². The number of carbonyl (C=O) groups excluding carboxylic acids is 3. The van der Waals surface area contributed by atoms with Crippen LogP contribution in [0.2, 0.25) is 0 Å². The Morgan fingerprint density at radius 3 is 2.82 bits per heavy atom. The van der Waals surface area contributed by atoms with E-state index in [1.165, 1.54) is 0 Å². The second-order valence-electron chi connectivity index (χ2n) is 3.99. The maximum atomic E-state index is 11.7. The van der Waals surface area contributed by atoms with Gasteiger partial charge >= 0.3 is 0 Å². The standard InChI is InChI=1S/C11H17N3O3/c1-2-3-4-7(10(12)16)14-11(17)8-5-6-9(15)13-8/h2,7-8H,1,3-6H2,(H2,12,16)(H,13,15)(H,14,17)/t7-,8-/m0/s1. The Hall–Kier alpha value is -1.85. The van der Waals surface area contributed by atoms with Crippen LogP contribution >= 0.6 is 0 Å². The molecule has 4 N–H and O–H groups in total. The summed E-state index contributed by atoms with van der Waals surface area (Å²) in [6.45, 7) is 3.54. The summed E-state index contributed by atoms with van der Waals surface area (Å²) in [5.41, 5.74) is 5.18. The number of hydrogen-bond acceptors (Lipinski definition) is 3. The summed E-state index contributed by atoms with van der Waals surface area (Å²) in [6.07, 6.45) is 3.46. The van der Waals surface area contributed by atoms with Gasteiger partial charge in [-0.1, -0.05) is 6.08 Å². The van der Waals surface area contributed by atoms with Crippen molar-refractivity contribution in [2.45, 2.75) is 37.8 Å². The lowest BCUT2D eigenvalue weighted by Crippen LogP contribution is -2.50. The molecule has 1 fully saturated rings. The summed E-state index contributed by atoms with van der Waals surface area (Å²) in [6, 6.07) is -1.26. The van der Waals surface area contributed by atoms with Crippen LogP contribution in [0.25, 0.3) is 0 Å². The van der Waals surface area contributed by atoms with Crippen LogP contribution in [0.15, 0.2) is 12.7 Å². The number of hydrogen-bond donors (Lipinski definition) is 3. The highest BCUT2D eigenvalue weighted by molar-refractivity contribution is 5.93. The number of nitrogens with one attached hydrogen (secondary N) is 2. The molecule has 17 heavy (non-hydrogen) atoms. The largest absolute Gasteiger partial charge is 0.368 e. The SMILES string of the molecule is C=CCC[C@H](NC(=O)[C@@H]1CCC(=O)N1)C(N)=O. The van der Waals surface area contributed by atoms with Gasteiger partial charge in [-0.15, -0.1) is 6.58 Å². The zero-order chi connectivity index (χ0) is 12.8. The smallest absolute Gasteiger partial charge is 0.243 e. The van der Waals surface area contributed by atoms with Crippen LogP contribution in [0, 0.1) is 0 Å². The van der Waals surface area contributed by atoms with Crippen molar-refractivity contribution in [3.8, 4) is 0 Å². The van der Waals surface area contributed by atoms with Crippen molar-refractivity contribution in [3.05, 3.63) is 12.7 Å². The van der Waals surface area contributed by atoms with Crippen LogP contribution in [0.1, 0.15) is 25.7 Å². The molecule has 0 unspecified atom stereocenters. The molecule has 2 atom stereocenters. The van der Waals surface area contributed by atoms with Crippen LogP contribution in [-0.4, -0.2) is 29.8 Å². The first kappa shape index (κ1) is 13.2. The summed E-state index contributed by atoms with van der Waals surface area (Å²) in [4.78, 5) is 33.8. The first-order chi connectivity index (χ1) is 8.04. The molecule has 1 aliphatic heterocycles. The summed E-state index contributed by atoms with van der Waals surface area (Å²) in [5, 5.41) is 5.07. The molecule has 6 nitrogen and oxygen atoms in total. The average Bonchev–Trinajstić information content (AvgIpc) is 2.70.